The lowest BCUT2D eigenvalue weighted by Crippen LogP contribution is -2.44. The highest BCUT2D eigenvalue weighted by atomic mass is 32.2. The third-order valence-corrected chi connectivity index (χ3v) is 7.56. The van der Waals surface area contributed by atoms with Gasteiger partial charge in [0.15, 0.2) is 23.0 Å². The molecule has 7 N–H and O–H groups in total. The van der Waals surface area contributed by atoms with Gasteiger partial charge in [-0.25, -0.2) is 15.1 Å². The number of aliphatic hydroxyl groups excluding tert-OH is 1. The van der Waals surface area contributed by atoms with E-state index in [0.29, 0.717) is 5.76 Å². The Bertz CT molecular complexity index is 1280. The molecule has 15 nitrogen and oxygen atoms in total. The van der Waals surface area contributed by atoms with E-state index in [2.05, 4.69) is 21.5 Å². The van der Waals surface area contributed by atoms with Crippen LogP contribution in [0.15, 0.2) is 23.5 Å². The molecule has 1 saturated heterocycles. The van der Waals surface area contributed by atoms with Gasteiger partial charge in [0.05, 0.1) is 25.3 Å². The molecule has 1 fully saturated rings. The maximum absolute atomic E-state index is 12.5. The van der Waals surface area contributed by atoms with E-state index in [-0.39, 0.29) is 34.6 Å². The standard InChI is InChI=1S/C20H31N6O9PS/c1-10(2)35-19(3,4)17(29)37-7-6-32-36(22,31)33-8-11-13(27)20(5,30)16(34-11)26-9-23-12-14(26)24-18(21)25-15(12)28/h9,11,13,16,27,30H,1,6-8H2,2-5H3,(H2,22,31)(H3,21,24,25,28). The number of aromatic amines is 1. The van der Waals surface area contributed by atoms with Gasteiger partial charge in [0.2, 0.25) is 11.1 Å². The first-order chi connectivity index (χ1) is 17.0. The molecule has 37 heavy (non-hydrogen) atoms. The Labute approximate surface area is 216 Å². The average molecular weight is 563 g/mol. The predicted molar refractivity (Wildman–Crippen MR) is 134 cm³/mol. The van der Waals surface area contributed by atoms with Crippen molar-refractivity contribution in [3.05, 3.63) is 29.0 Å². The first kappa shape index (κ1) is 29.3. The normalized spacial score (nSPS) is 25.8. The Hall–Kier alpha value is -2.30. The molecule has 0 radical (unpaired) electrons. The highest BCUT2D eigenvalue weighted by Crippen LogP contribution is 2.43. The van der Waals surface area contributed by atoms with Crippen molar-refractivity contribution in [2.75, 3.05) is 24.7 Å². The molecule has 5 atom stereocenters. The highest BCUT2D eigenvalue weighted by molar-refractivity contribution is 8.13. The van der Waals surface area contributed by atoms with Crippen molar-refractivity contribution in [1.29, 1.82) is 0 Å². The Morgan fingerprint density at radius 3 is 2.78 bits per heavy atom. The second-order valence-electron chi connectivity index (χ2n) is 9.09. The maximum atomic E-state index is 12.5. The monoisotopic (exact) mass is 562 g/mol. The van der Waals surface area contributed by atoms with Gasteiger partial charge in [-0.1, -0.05) is 18.3 Å². The molecular weight excluding hydrogens is 531 g/mol. The number of nitrogens with zero attached hydrogens (tertiary/aromatic N) is 3. The number of allylic oxidation sites excluding steroid dienone is 1. The minimum atomic E-state index is -4.10. The Morgan fingerprint density at radius 1 is 1.46 bits per heavy atom. The number of hydrogen-bond acceptors (Lipinski definition) is 13. The average Bonchev–Trinajstić information content (AvgIpc) is 3.27. The van der Waals surface area contributed by atoms with Crippen LogP contribution in [0.2, 0.25) is 0 Å². The minimum absolute atomic E-state index is 0.0250. The quantitative estimate of drug-likeness (QED) is 0.142. The van der Waals surface area contributed by atoms with Crippen molar-refractivity contribution < 1.29 is 38.1 Å². The lowest BCUT2D eigenvalue weighted by atomic mass is 9.96. The number of H-pyrrole nitrogens is 1. The summed E-state index contributed by atoms with van der Waals surface area (Å²) in [5, 5.41) is 21.3. The fourth-order valence-corrected chi connectivity index (χ4v) is 5.30. The van der Waals surface area contributed by atoms with E-state index in [1.807, 2.05) is 0 Å². The first-order valence-corrected chi connectivity index (χ1v) is 13.6. The van der Waals surface area contributed by atoms with Crippen LogP contribution in [0.3, 0.4) is 0 Å². The van der Waals surface area contributed by atoms with Gasteiger partial charge in [-0.3, -0.25) is 28.2 Å². The second-order valence-corrected chi connectivity index (χ2v) is 11.8. The summed E-state index contributed by atoms with van der Waals surface area (Å²) in [7, 11) is -4.10. The van der Waals surface area contributed by atoms with Crippen LogP contribution >= 0.6 is 19.5 Å². The number of carbonyl (C=O) groups is 1. The van der Waals surface area contributed by atoms with E-state index in [1.54, 1.807) is 20.8 Å². The number of ether oxygens (including phenoxy) is 2. The van der Waals surface area contributed by atoms with E-state index in [0.717, 1.165) is 11.8 Å². The Kier molecular flexibility index (Phi) is 8.56. The number of hydrogen-bond donors (Lipinski definition) is 5. The topological polar surface area (TPSA) is 227 Å². The van der Waals surface area contributed by atoms with Crippen molar-refractivity contribution in [1.82, 2.24) is 19.5 Å². The summed E-state index contributed by atoms with van der Waals surface area (Å²) < 4.78 is 35.2. The lowest BCUT2D eigenvalue weighted by molar-refractivity contribution is -0.126. The number of anilines is 1. The second kappa shape index (κ2) is 10.8. The summed E-state index contributed by atoms with van der Waals surface area (Å²) in [5.41, 5.74) is 7.62. The summed E-state index contributed by atoms with van der Waals surface area (Å²) in [6, 6.07) is 0. The summed E-state index contributed by atoms with van der Waals surface area (Å²) in [6.07, 6.45) is -2.74. The van der Waals surface area contributed by atoms with Gasteiger partial charge in [0.1, 0.15) is 17.8 Å². The van der Waals surface area contributed by atoms with E-state index in [9.17, 15) is 24.4 Å². The van der Waals surface area contributed by atoms with Crippen LogP contribution in [0.1, 0.15) is 33.9 Å². The third kappa shape index (κ3) is 6.59. The number of rotatable bonds is 11. The Morgan fingerprint density at radius 2 is 2.14 bits per heavy atom. The number of nitrogens with one attached hydrogen (secondary N) is 1. The summed E-state index contributed by atoms with van der Waals surface area (Å²) >= 11 is 0.903. The van der Waals surface area contributed by atoms with E-state index >= 15 is 0 Å². The summed E-state index contributed by atoms with van der Waals surface area (Å²) in [4.78, 5) is 34.6. The lowest BCUT2D eigenvalue weighted by Gasteiger charge is -2.27. The van der Waals surface area contributed by atoms with Gasteiger partial charge in [-0.15, -0.1) is 0 Å². The zero-order valence-electron chi connectivity index (χ0n) is 20.7. The van der Waals surface area contributed by atoms with Crippen molar-refractivity contribution in [3.63, 3.8) is 0 Å². The van der Waals surface area contributed by atoms with Crippen LogP contribution in [0.25, 0.3) is 11.2 Å². The smallest absolute Gasteiger partial charge is 0.402 e. The van der Waals surface area contributed by atoms with Crippen molar-refractivity contribution in [2.24, 2.45) is 5.50 Å². The molecule has 0 saturated carbocycles. The van der Waals surface area contributed by atoms with Crippen molar-refractivity contribution >= 4 is 41.7 Å². The van der Waals surface area contributed by atoms with Crippen LogP contribution < -0.4 is 16.8 Å². The molecule has 0 aromatic carbocycles. The molecule has 1 aliphatic heterocycles. The minimum Gasteiger partial charge on any atom is -0.484 e. The van der Waals surface area contributed by atoms with E-state index in [1.165, 1.54) is 17.8 Å². The zero-order chi connectivity index (χ0) is 27.8. The van der Waals surface area contributed by atoms with E-state index < -0.39 is 49.6 Å². The molecular formula is C20H31N6O9PS. The molecule has 0 spiro atoms. The number of thioether (sulfide) groups is 1. The van der Waals surface area contributed by atoms with Crippen LogP contribution in [0.5, 0.6) is 0 Å². The van der Waals surface area contributed by atoms with Crippen LogP contribution in [0, 0.1) is 0 Å². The highest BCUT2D eigenvalue weighted by Gasteiger charge is 2.54. The number of aliphatic hydroxyl groups is 2. The third-order valence-electron chi connectivity index (χ3n) is 5.39. The SMILES string of the molecule is C=C(C)OC(C)(C)C(=O)SCCOP(N)(=O)OCC1OC(n2cnc3c(=O)[nH]c(N)nc32)C(C)(O)C1O. The number of aromatic nitrogens is 4. The van der Waals surface area contributed by atoms with Crippen LogP contribution in [-0.4, -0.2) is 77.2 Å². The number of imidazole rings is 1. The van der Waals surface area contributed by atoms with Crippen molar-refractivity contribution in [3.8, 4) is 0 Å². The molecule has 3 rings (SSSR count). The summed E-state index contributed by atoms with van der Waals surface area (Å²) in [5.74, 6) is 0.336. The largest absolute Gasteiger partial charge is 0.484 e. The number of nitrogens with two attached hydrogens (primary N) is 2. The van der Waals surface area contributed by atoms with E-state index in [4.69, 9.17) is 29.8 Å². The predicted octanol–water partition coefficient (Wildman–Crippen LogP) is 0.400. The first-order valence-electron chi connectivity index (χ1n) is 11.0. The maximum Gasteiger partial charge on any atom is 0.402 e. The van der Waals surface area contributed by atoms with Crippen LogP contribution in [0.4, 0.5) is 5.95 Å². The molecule has 17 heteroatoms. The number of nitrogen functional groups attached to an aromatic ring is 1. The van der Waals surface area contributed by atoms with Gasteiger partial charge >= 0.3 is 7.75 Å². The van der Waals surface area contributed by atoms with Crippen molar-refractivity contribution in [2.45, 2.75) is 57.3 Å². The molecule has 0 aliphatic carbocycles. The van der Waals surface area contributed by atoms with Crippen LogP contribution in [-0.2, 0) is 27.9 Å². The molecule has 206 valence electrons. The van der Waals surface area contributed by atoms with Gasteiger partial charge < -0.3 is 25.4 Å². The summed E-state index contributed by atoms with van der Waals surface area (Å²) in [6.45, 7) is 9.05. The molecule has 5 unspecified atom stereocenters. The molecule has 0 amide bonds. The zero-order valence-corrected chi connectivity index (χ0v) is 22.5. The van der Waals surface area contributed by atoms with Gasteiger partial charge in [0.25, 0.3) is 5.56 Å². The fraction of sp³-hybridized carbons (Fsp3) is 0.600. The molecule has 1 aliphatic rings. The Balaban J connectivity index is 1.58. The molecule has 3 heterocycles. The molecule has 0 bridgehead atoms. The number of carbonyl (C=O) groups excluding carboxylic acids is 1. The molecule has 2 aromatic rings. The van der Waals surface area contributed by atoms with Gasteiger partial charge in [-0.2, -0.15) is 4.98 Å². The molecule has 2 aromatic heterocycles. The number of fused-ring (bicyclic) bond motifs is 1. The fourth-order valence-electron chi connectivity index (χ4n) is 3.66. The van der Waals surface area contributed by atoms with Gasteiger partial charge in [-0.05, 0) is 27.7 Å². The van der Waals surface area contributed by atoms with Gasteiger partial charge in [0, 0.05) is 5.75 Å².